The SMILES string of the molecule is C=CC([O-])=NCCCCCCCCCCCCS(=O)(=O)O.[Na+]. The van der Waals surface area contributed by atoms with Crippen molar-refractivity contribution in [2.45, 2.75) is 64.2 Å². The predicted octanol–water partition coefficient (Wildman–Crippen LogP) is -0.276. The molecule has 0 aromatic rings. The molecular formula is C15H28NNaO4S. The Morgan fingerprint density at radius 2 is 1.36 bits per heavy atom. The summed E-state index contributed by atoms with van der Waals surface area (Å²) in [5.41, 5.74) is 0. The van der Waals surface area contributed by atoms with E-state index in [2.05, 4.69) is 11.6 Å². The van der Waals surface area contributed by atoms with Crippen LogP contribution in [0.5, 0.6) is 0 Å². The third-order valence-electron chi connectivity index (χ3n) is 3.25. The molecule has 0 aliphatic carbocycles. The summed E-state index contributed by atoms with van der Waals surface area (Å²) in [6, 6.07) is 0. The van der Waals surface area contributed by atoms with Crippen molar-refractivity contribution < 1.29 is 47.6 Å². The Morgan fingerprint density at radius 3 is 1.77 bits per heavy atom. The van der Waals surface area contributed by atoms with Crippen LogP contribution in [0.3, 0.4) is 0 Å². The monoisotopic (exact) mass is 341 g/mol. The molecule has 0 aromatic heterocycles. The van der Waals surface area contributed by atoms with Crippen molar-refractivity contribution in [3.63, 3.8) is 0 Å². The van der Waals surface area contributed by atoms with Gasteiger partial charge in [-0.15, -0.1) is 0 Å². The summed E-state index contributed by atoms with van der Waals surface area (Å²) >= 11 is 0. The molecule has 5 nitrogen and oxygen atoms in total. The molecule has 0 aromatic carbocycles. The molecule has 0 heterocycles. The summed E-state index contributed by atoms with van der Waals surface area (Å²) in [6.45, 7) is 3.96. The van der Waals surface area contributed by atoms with E-state index in [1.165, 1.54) is 31.8 Å². The standard InChI is InChI=1S/C15H29NO4S.Na/c1-2-15(17)16-13-11-9-7-5-3-4-6-8-10-12-14-21(18,19)20;/h2H,1,3-14H2,(H,16,17)(H,18,19,20);/q;+1/p-1. The zero-order chi connectivity index (χ0) is 16.0. The molecule has 0 atom stereocenters. The normalized spacial score (nSPS) is 12.0. The van der Waals surface area contributed by atoms with E-state index in [0.717, 1.165) is 32.1 Å². The quantitative estimate of drug-likeness (QED) is 0.155. The fourth-order valence-corrected chi connectivity index (χ4v) is 2.63. The molecule has 7 heteroatoms. The van der Waals surface area contributed by atoms with Crippen molar-refractivity contribution >= 4 is 16.0 Å². The summed E-state index contributed by atoms with van der Waals surface area (Å²) in [7, 11) is -3.78. The van der Waals surface area contributed by atoms with Crippen LogP contribution in [0.25, 0.3) is 0 Å². The minimum absolute atomic E-state index is 0. The Hall–Kier alpha value is 0.120. The molecule has 0 aliphatic rings. The number of aliphatic imine (C=N–C) groups is 1. The zero-order valence-corrected chi connectivity index (χ0v) is 16.6. The minimum Gasteiger partial charge on any atom is -0.859 e. The molecule has 124 valence electrons. The fraction of sp³-hybridized carbons (Fsp3) is 0.800. The third-order valence-corrected chi connectivity index (χ3v) is 4.06. The van der Waals surface area contributed by atoms with Crippen molar-refractivity contribution in [2.75, 3.05) is 12.3 Å². The van der Waals surface area contributed by atoms with E-state index >= 15 is 0 Å². The van der Waals surface area contributed by atoms with Crippen LogP contribution in [-0.2, 0) is 10.1 Å². The summed E-state index contributed by atoms with van der Waals surface area (Å²) in [6.07, 6.45) is 11.6. The zero-order valence-electron chi connectivity index (χ0n) is 13.8. The van der Waals surface area contributed by atoms with Crippen LogP contribution in [0.15, 0.2) is 17.6 Å². The molecule has 22 heavy (non-hydrogen) atoms. The van der Waals surface area contributed by atoms with Crippen molar-refractivity contribution in [1.82, 2.24) is 0 Å². The third kappa shape index (κ3) is 20.1. The second kappa shape index (κ2) is 16.0. The van der Waals surface area contributed by atoms with Crippen LogP contribution < -0.4 is 34.7 Å². The Morgan fingerprint density at radius 1 is 0.955 bits per heavy atom. The van der Waals surface area contributed by atoms with Gasteiger partial charge in [0.05, 0.1) is 5.75 Å². The molecule has 0 fully saturated rings. The minimum atomic E-state index is -3.78. The molecule has 0 saturated carbocycles. The van der Waals surface area contributed by atoms with Crippen molar-refractivity contribution in [3.05, 3.63) is 12.7 Å². The summed E-state index contributed by atoms with van der Waals surface area (Å²) < 4.78 is 29.6. The average Bonchev–Trinajstić information content (AvgIpc) is 2.42. The summed E-state index contributed by atoms with van der Waals surface area (Å²) in [4.78, 5) is 3.82. The maximum absolute atomic E-state index is 10.8. The van der Waals surface area contributed by atoms with E-state index in [-0.39, 0.29) is 41.2 Å². The van der Waals surface area contributed by atoms with Crippen LogP contribution in [0.2, 0.25) is 0 Å². The van der Waals surface area contributed by atoms with Crippen LogP contribution in [0.1, 0.15) is 64.2 Å². The van der Waals surface area contributed by atoms with Gasteiger partial charge >= 0.3 is 29.6 Å². The molecule has 0 bridgehead atoms. The van der Waals surface area contributed by atoms with Crippen molar-refractivity contribution in [3.8, 4) is 0 Å². The van der Waals surface area contributed by atoms with Crippen LogP contribution in [0, 0.1) is 0 Å². The van der Waals surface area contributed by atoms with Crippen LogP contribution in [-0.4, -0.2) is 31.2 Å². The smallest absolute Gasteiger partial charge is 0.859 e. The first-order chi connectivity index (χ1) is 9.95. The predicted molar refractivity (Wildman–Crippen MR) is 85.1 cm³/mol. The van der Waals surface area contributed by atoms with E-state index < -0.39 is 10.1 Å². The number of hydrogen-bond acceptors (Lipinski definition) is 4. The van der Waals surface area contributed by atoms with E-state index in [1.807, 2.05) is 0 Å². The van der Waals surface area contributed by atoms with Crippen molar-refractivity contribution in [2.24, 2.45) is 4.99 Å². The Balaban J connectivity index is 0. The van der Waals surface area contributed by atoms with Crippen LogP contribution in [0.4, 0.5) is 0 Å². The molecule has 0 rings (SSSR count). The van der Waals surface area contributed by atoms with E-state index in [4.69, 9.17) is 4.55 Å². The topological polar surface area (TPSA) is 89.8 Å². The van der Waals surface area contributed by atoms with Gasteiger partial charge in [0.1, 0.15) is 0 Å². The molecule has 1 N–H and O–H groups in total. The summed E-state index contributed by atoms with van der Waals surface area (Å²) in [5.74, 6) is -0.351. The van der Waals surface area contributed by atoms with Crippen molar-refractivity contribution in [1.29, 1.82) is 0 Å². The number of hydrogen-bond donors (Lipinski definition) is 1. The summed E-state index contributed by atoms with van der Waals surface area (Å²) in [5, 5.41) is 10.8. The average molecular weight is 341 g/mol. The Bertz CT molecular complexity index is 396. The van der Waals surface area contributed by atoms with E-state index in [1.54, 1.807) is 0 Å². The molecule has 0 saturated heterocycles. The fourth-order valence-electron chi connectivity index (χ4n) is 2.06. The molecule has 0 spiro atoms. The molecule has 0 radical (unpaired) electrons. The van der Waals surface area contributed by atoms with Gasteiger partial charge in [0.2, 0.25) is 0 Å². The molecule has 0 amide bonds. The second-order valence-electron chi connectivity index (χ2n) is 5.25. The largest absolute Gasteiger partial charge is 1.00 e. The molecular weight excluding hydrogens is 313 g/mol. The van der Waals surface area contributed by atoms with E-state index in [0.29, 0.717) is 13.0 Å². The molecule has 0 aliphatic heterocycles. The van der Waals surface area contributed by atoms with Gasteiger partial charge in [0.25, 0.3) is 10.1 Å². The van der Waals surface area contributed by atoms with Gasteiger partial charge in [-0.05, 0) is 18.7 Å². The maximum Gasteiger partial charge on any atom is 1.00 e. The number of unbranched alkanes of at least 4 members (excludes halogenated alkanes) is 9. The van der Waals surface area contributed by atoms with Gasteiger partial charge < -0.3 is 10.1 Å². The first kappa shape index (κ1) is 24.4. The second-order valence-corrected chi connectivity index (χ2v) is 6.82. The number of nitrogens with zero attached hydrogens (tertiary/aromatic N) is 1. The Labute approximate surface area is 157 Å². The maximum atomic E-state index is 10.8. The Kier molecular flexibility index (Phi) is 17.7. The molecule has 0 unspecified atom stereocenters. The van der Waals surface area contributed by atoms with Gasteiger partial charge in [-0.25, -0.2) is 0 Å². The van der Waals surface area contributed by atoms with Gasteiger partial charge in [-0.3, -0.25) is 4.55 Å². The first-order valence-corrected chi connectivity index (χ1v) is 9.35. The van der Waals surface area contributed by atoms with Gasteiger partial charge in [0, 0.05) is 6.54 Å². The van der Waals surface area contributed by atoms with Crippen LogP contribution >= 0.6 is 0 Å². The van der Waals surface area contributed by atoms with Gasteiger partial charge in [0.15, 0.2) is 0 Å². The van der Waals surface area contributed by atoms with Gasteiger partial charge in [-0.1, -0.05) is 64.0 Å². The van der Waals surface area contributed by atoms with Gasteiger partial charge in [-0.2, -0.15) is 8.42 Å². The number of rotatable bonds is 14. The van der Waals surface area contributed by atoms with E-state index in [9.17, 15) is 13.5 Å². The first-order valence-electron chi connectivity index (χ1n) is 7.75.